The highest BCUT2D eigenvalue weighted by Gasteiger charge is 2.40. The van der Waals surface area contributed by atoms with Gasteiger partial charge in [-0.15, -0.1) is 0 Å². The molecule has 1 saturated heterocycles. The van der Waals surface area contributed by atoms with Crippen molar-refractivity contribution in [1.29, 1.82) is 5.26 Å². The van der Waals surface area contributed by atoms with E-state index in [-0.39, 0.29) is 23.3 Å². The van der Waals surface area contributed by atoms with Crippen LogP contribution in [-0.2, 0) is 15.0 Å². The van der Waals surface area contributed by atoms with E-state index < -0.39 is 12.1 Å². The number of aromatic nitrogens is 1. The molecule has 8 heteroatoms. The van der Waals surface area contributed by atoms with E-state index in [4.69, 9.17) is 0 Å². The summed E-state index contributed by atoms with van der Waals surface area (Å²) in [6.45, 7) is 6.95. The highest BCUT2D eigenvalue weighted by atomic mass is 32.2. The Morgan fingerprint density at radius 2 is 1.89 bits per heavy atom. The number of nitriles is 1. The Balaban J connectivity index is 1.78. The first-order valence-electron chi connectivity index (χ1n) is 13.2. The van der Waals surface area contributed by atoms with E-state index in [1.165, 1.54) is 6.42 Å². The number of anilines is 1. The van der Waals surface area contributed by atoms with Gasteiger partial charge in [0.25, 0.3) is 5.91 Å². The lowest BCUT2D eigenvalue weighted by Gasteiger charge is -2.38. The van der Waals surface area contributed by atoms with Gasteiger partial charge in [0.15, 0.2) is 6.19 Å². The molecule has 1 saturated carbocycles. The summed E-state index contributed by atoms with van der Waals surface area (Å²) in [7, 11) is 0. The highest BCUT2D eigenvalue weighted by molar-refractivity contribution is 7.99. The monoisotopic (exact) mass is 519 g/mol. The van der Waals surface area contributed by atoms with Crippen LogP contribution in [-0.4, -0.2) is 51.8 Å². The zero-order chi connectivity index (χ0) is 26.4. The number of nitrogens with one attached hydrogen (secondary N) is 1. The minimum absolute atomic E-state index is 0.0495. The number of rotatable bonds is 6. The van der Waals surface area contributed by atoms with Gasteiger partial charge in [0.05, 0.1) is 0 Å². The third-order valence-electron chi connectivity index (χ3n) is 7.25. The highest BCUT2D eigenvalue weighted by Crippen LogP contribution is 2.33. The van der Waals surface area contributed by atoms with Crippen molar-refractivity contribution in [2.45, 2.75) is 76.4 Å². The predicted molar refractivity (Wildman–Crippen MR) is 148 cm³/mol. The molecule has 1 aliphatic heterocycles. The molecule has 2 aromatic rings. The molecule has 2 aliphatic rings. The largest absolute Gasteiger partial charge is 0.351 e. The number of hydrogen-bond acceptors (Lipinski definition) is 6. The third kappa shape index (κ3) is 6.45. The van der Waals surface area contributed by atoms with Crippen LogP contribution in [0.25, 0.3) is 0 Å². The van der Waals surface area contributed by atoms with Crippen molar-refractivity contribution in [2.24, 2.45) is 0 Å². The number of benzene rings is 1. The van der Waals surface area contributed by atoms with Crippen molar-refractivity contribution < 1.29 is 9.59 Å². The van der Waals surface area contributed by atoms with Crippen molar-refractivity contribution in [1.82, 2.24) is 15.2 Å². The van der Waals surface area contributed by atoms with Crippen LogP contribution in [0.2, 0.25) is 0 Å². The zero-order valence-electron chi connectivity index (χ0n) is 22.0. The number of amides is 2. The lowest BCUT2D eigenvalue weighted by molar-refractivity contribution is -0.128. The van der Waals surface area contributed by atoms with Gasteiger partial charge in [0, 0.05) is 47.7 Å². The average Bonchev–Trinajstić information content (AvgIpc) is 2.92. The number of hydrogen-bond donors (Lipinski definition) is 1. The Bertz CT molecular complexity index is 1100. The average molecular weight is 520 g/mol. The van der Waals surface area contributed by atoms with Gasteiger partial charge in [-0.25, -0.2) is 0 Å². The van der Waals surface area contributed by atoms with Crippen LogP contribution in [0, 0.1) is 11.5 Å². The molecule has 2 heterocycles. The van der Waals surface area contributed by atoms with E-state index >= 15 is 0 Å². The molecular formula is C29H37N5O2S. The summed E-state index contributed by atoms with van der Waals surface area (Å²) in [6.07, 6.45) is 10.8. The third-order valence-corrected chi connectivity index (χ3v) is 8.27. The van der Waals surface area contributed by atoms with E-state index in [1.807, 2.05) is 30.3 Å². The molecular weight excluding hydrogens is 482 g/mol. The molecule has 1 aromatic carbocycles. The van der Waals surface area contributed by atoms with Crippen LogP contribution in [0.3, 0.4) is 0 Å². The Hall–Kier alpha value is -3.05. The van der Waals surface area contributed by atoms with Gasteiger partial charge in [0.1, 0.15) is 12.1 Å². The zero-order valence-corrected chi connectivity index (χ0v) is 22.8. The van der Waals surface area contributed by atoms with Crippen molar-refractivity contribution in [3.8, 4) is 6.19 Å². The SMILES string of the molecule is CC(C)(C)c1ccc(N(C(=O)[C@H]2CSCCN2C#N)C(C(=O)NC2CCCCC2)c2cccnc2)cc1. The molecule has 1 N–H and O–H groups in total. The molecule has 2 atom stereocenters. The summed E-state index contributed by atoms with van der Waals surface area (Å²) in [5.41, 5.74) is 2.38. The standard InChI is InChI=1S/C29H37N5O2S/c1-29(2,3)22-11-13-24(14-12-22)34(28(36)25-19-37-17-16-33(25)20-30)26(21-8-7-15-31-18-21)27(35)32-23-9-5-4-6-10-23/h7-8,11-15,18,23,25-26H,4-6,9-10,16-17,19H2,1-3H3,(H,32,35)/t25-,26?/m1/s1. The Morgan fingerprint density at radius 3 is 2.51 bits per heavy atom. The van der Waals surface area contributed by atoms with Crippen molar-refractivity contribution >= 4 is 29.3 Å². The molecule has 37 heavy (non-hydrogen) atoms. The summed E-state index contributed by atoms with van der Waals surface area (Å²) in [6, 6.07) is 10.1. The van der Waals surface area contributed by atoms with E-state index in [1.54, 1.807) is 40.0 Å². The van der Waals surface area contributed by atoms with Crippen LogP contribution >= 0.6 is 11.8 Å². The lowest BCUT2D eigenvalue weighted by Crippen LogP contribution is -2.55. The van der Waals surface area contributed by atoms with Gasteiger partial charge in [0.2, 0.25) is 5.91 Å². The van der Waals surface area contributed by atoms with Gasteiger partial charge < -0.3 is 5.32 Å². The molecule has 196 valence electrons. The van der Waals surface area contributed by atoms with Crippen LogP contribution in [0.5, 0.6) is 0 Å². The van der Waals surface area contributed by atoms with Gasteiger partial charge >= 0.3 is 0 Å². The first-order valence-corrected chi connectivity index (χ1v) is 14.3. The molecule has 0 spiro atoms. The Kier molecular flexibility index (Phi) is 8.75. The predicted octanol–water partition coefficient (Wildman–Crippen LogP) is 4.80. The first kappa shape index (κ1) is 27.0. The number of carbonyl (C=O) groups is 2. The fourth-order valence-corrected chi connectivity index (χ4v) is 6.13. The second-order valence-electron chi connectivity index (χ2n) is 10.9. The van der Waals surface area contributed by atoms with Crippen molar-refractivity contribution in [3.05, 3.63) is 59.9 Å². The number of carbonyl (C=O) groups excluding carboxylic acids is 2. The van der Waals surface area contributed by atoms with Crippen LogP contribution in [0.1, 0.15) is 70.0 Å². The molecule has 1 aromatic heterocycles. The topological polar surface area (TPSA) is 89.3 Å². The molecule has 1 aliphatic carbocycles. The fraction of sp³-hybridized carbons (Fsp3) is 0.517. The smallest absolute Gasteiger partial charge is 0.252 e. The molecule has 4 rings (SSSR count). The van der Waals surface area contributed by atoms with Crippen LogP contribution in [0.15, 0.2) is 48.8 Å². The van der Waals surface area contributed by atoms with Crippen molar-refractivity contribution in [3.63, 3.8) is 0 Å². The molecule has 2 fully saturated rings. The molecule has 7 nitrogen and oxygen atoms in total. The summed E-state index contributed by atoms with van der Waals surface area (Å²) in [4.78, 5) is 35.7. The molecule has 0 radical (unpaired) electrons. The quantitative estimate of drug-likeness (QED) is 0.552. The number of nitrogens with zero attached hydrogens (tertiary/aromatic N) is 4. The van der Waals surface area contributed by atoms with Gasteiger partial charge in [-0.1, -0.05) is 58.2 Å². The van der Waals surface area contributed by atoms with E-state index in [2.05, 4.69) is 37.3 Å². The van der Waals surface area contributed by atoms with Gasteiger partial charge in [-0.05, 0) is 42.0 Å². The molecule has 1 unspecified atom stereocenters. The summed E-state index contributed by atoms with van der Waals surface area (Å²) in [5.74, 6) is 0.851. The normalized spacial score (nSPS) is 19.5. The Morgan fingerprint density at radius 1 is 1.16 bits per heavy atom. The van der Waals surface area contributed by atoms with E-state index in [0.29, 0.717) is 23.5 Å². The number of thioether (sulfide) groups is 1. The van der Waals surface area contributed by atoms with Crippen LogP contribution < -0.4 is 10.2 Å². The maximum atomic E-state index is 14.3. The summed E-state index contributed by atoms with van der Waals surface area (Å²) >= 11 is 1.66. The molecule has 0 bridgehead atoms. The minimum Gasteiger partial charge on any atom is -0.351 e. The second kappa shape index (κ2) is 12.0. The summed E-state index contributed by atoms with van der Waals surface area (Å²) in [5, 5.41) is 13.0. The Labute approximate surface area is 224 Å². The van der Waals surface area contributed by atoms with Gasteiger partial charge in [-0.3, -0.25) is 24.4 Å². The van der Waals surface area contributed by atoms with E-state index in [0.717, 1.165) is 37.0 Å². The molecule has 2 amide bonds. The lowest BCUT2D eigenvalue weighted by atomic mass is 9.87. The van der Waals surface area contributed by atoms with Crippen molar-refractivity contribution in [2.75, 3.05) is 23.0 Å². The maximum Gasteiger partial charge on any atom is 0.252 e. The number of pyridine rings is 1. The maximum absolute atomic E-state index is 14.3. The van der Waals surface area contributed by atoms with E-state index in [9.17, 15) is 14.9 Å². The van der Waals surface area contributed by atoms with Crippen LogP contribution in [0.4, 0.5) is 5.69 Å². The first-order chi connectivity index (χ1) is 17.8. The summed E-state index contributed by atoms with van der Waals surface area (Å²) < 4.78 is 0. The second-order valence-corrected chi connectivity index (χ2v) is 12.1. The minimum atomic E-state index is -0.893. The fourth-order valence-electron chi connectivity index (χ4n) is 5.10. The van der Waals surface area contributed by atoms with Gasteiger partial charge in [-0.2, -0.15) is 17.0 Å².